The number of hydrogen-bond donors (Lipinski definition) is 2. The van der Waals surface area contributed by atoms with E-state index in [1.54, 1.807) is 0 Å². The van der Waals surface area contributed by atoms with Crippen molar-refractivity contribution < 1.29 is 5.11 Å². The standard InChI is InChI=1S/C16H23NO/c18-11-10-16(8-9-16)12-17-15(14-6-7-14)13-4-2-1-3-5-13/h1-5,14-15,17-18H,6-12H2. The van der Waals surface area contributed by atoms with Gasteiger partial charge in [-0.25, -0.2) is 0 Å². The minimum absolute atomic E-state index is 0.334. The van der Waals surface area contributed by atoms with Gasteiger partial charge in [0.1, 0.15) is 0 Å². The second-order valence-electron chi connectivity index (χ2n) is 6.08. The third-order valence-electron chi connectivity index (χ3n) is 4.55. The Morgan fingerprint density at radius 1 is 1.22 bits per heavy atom. The first kappa shape index (κ1) is 12.2. The predicted octanol–water partition coefficient (Wildman–Crippen LogP) is 2.89. The minimum atomic E-state index is 0.334. The van der Waals surface area contributed by atoms with E-state index < -0.39 is 0 Å². The number of hydrogen-bond acceptors (Lipinski definition) is 2. The molecule has 18 heavy (non-hydrogen) atoms. The summed E-state index contributed by atoms with van der Waals surface area (Å²) in [7, 11) is 0. The summed E-state index contributed by atoms with van der Waals surface area (Å²) in [4.78, 5) is 0. The SMILES string of the molecule is OCCC1(CNC(c2ccccc2)C2CC2)CC1. The van der Waals surface area contributed by atoms with Gasteiger partial charge in [-0.3, -0.25) is 0 Å². The lowest BCUT2D eigenvalue weighted by molar-refractivity contribution is 0.240. The smallest absolute Gasteiger partial charge is 0.0436 e. The van der Waals surface area contributed by atoms with Crippen LogP contribution < -0.4 is 5.32 Å². The molecule has 2 N–H and O–H groups in total. The first-order valence-corrected chi connectivity index (χ1v) is 7.22. The molecule has 2 aliphatic rings. The van der Waals surface area contributed by atoms with Crippen molar-refractivity contribution >= 4 is 0 Å². The largest absolute Gasteiger partial charge is 0.396 e. The molecule has 98 valence electrons. The number of aliphatic hydroxyl groups is 1. The summed E-state index contributed by atoms with van der Waals surface area (Å²) >= 11 is 0. The molecule has 1 aromatic rings. The van der Waals surface area contributed by atoms with Crippen LogP contribution in [0.1, 0.15) is 43.7 Å². The molecule has 2 heteroatoms. The van der Waals surface area contributed by atoms with E-state index in [1.807, 2.05) is 0 Å². The van der Waals surface area contributed by atoms with Gasteiger partial charge in [-0.15, -0.1) is 0 Å². The Morgan fingerprint density at radius 3 is 2.50 bits per heavy atom. The average molecular weight is 245 g/mol. The highest BCUT2D eigenvalue weighted by Crippen LogP contribution is 2.49. The highest BCUT2D eigenvalue weighted by atomic mass is 16.3. The van der Waals surface area contributed by atoms with Crippen LogP contribution in [-0.2, 0) is 0 Å². The molecule has 2 aliphatic carbocycles. The molecule has 0 aromatic heterocycles. The summed E-state index contributed by atoms with van der Waals surface area (Å²) in [6.45, 7) is 1.41. The van der Waals surface area contributed by atoms with Gasteiger partial charge < -0.3 is 10.4 Å². The van der Waals surface area contributed by atoms with E-state index in [2.05, 4.69) is 35.6 Å². The first-order valence-electron chi connectivity index (χ1n) is 7.22. The molecule has 3 rings (SSSR count). The molecule has 0 aliphatic heterocycles. The van der Waals surface area contributed by atoms with E-state index >= 15 is 0 Å². The second-order valence-corrected chi connectivity index (χ2v) is 6.08. The van der Waals surface area contributed by atoms with Gasteiger partial charge >= 0.3 is 0 Å². The maximum atomic E-state index is 9.12. The van der Waals surface area contributed by atoms with Crippen molar-refractivity contribution in [3.8, 4) is 0 Å². The minimum Gasteiger partial charge on any atom is -0.396 e. The molecule has 1 atom stereocenters. The van der Waals surface area contributed by atoms with Crippen molar-refractivity contribution in [2.45, 2.75) is 38.1 Å². The number of nitrogens with one attached hydrogen (secondary N) is 1. The quantitative estimate of drug-likeness (QED) is 0.774. The van der Waals surface area contributed by atoms with Crippen molar-refractivity contribution in [3.05, 3.63) is 35.9 Å². The third-order valence-corrected chi connectivity index (χ3v) is 4.55. The molecule has 1 aromatic carbocycles. The highest BCUT2D eigenvalue weighted by molar-refractivity contribution is 5.21. The Bertz CT molecular complexity index is 381. The van der Waals surface area contributed by atoms with Crippen LogP contribution in [0.15, 0.2) is 30.3 Å². The van der Waals surface area contributed by atoms with Gasteiger partial charge in [-0.1, -0.05) is 30.3 Å². The molecule has 0 radical (unpaired) electrons. The fourth-order valence-corrected chi connectivity index (χ4v) is 2.90. The van der Waals surface area contributed by atoms with Gasteiger partial charge in [0.05, 0.1) is 0 Å². The predicted molar refractivity (Wildman–Crippen MR) is 73.3 cm³/mol. The van der Waals surface area contributed by atoms with Crippen molar-refractivity contribution in [1.29, 1.82) is 0 Å². The summed E-state index contributed by atoms with van der Waals surface area (Å²) in [5, 5.41) is 12.9. The summed E-state index contributed by atoms with van der Waals surface area (Å²) in [5.41, 5.74) is 1.84. The number of aliphatic hydroxyl groups excluding tert-OH is 1. The van der Waals surface area contributed by atoms with Crippen LogP contribution in [0.25, 0.3) is 0 Å². The first-order chi connectivity index (χ1) is 8.83. The highest BCUT2D eigenvalue weighted by Gasteiger charge is 2.43. The van der Waals surface area contributed by atoms with E-state index in [-0.39, 0.29) is 0 Å². The Labute approximate surface area is 109 Å². The zero-order valence-corrected chi connectivity index (χ0v) is 10.9. The monoisotopic (exact) mass is 245 g/mol. The normalized spacial score (nSPS) is 22.7. The molecule has 0 spiro atoms. The zero-order chi connectivity index (χ0) is 12.4. The van der Waals surface area contributed by atoms with Crippen LogP contribution in [0.4, 0.5) is 0 Å². The molecule has 0 bridgehead atoms. The fourth-order valence-electron chi connectivity index (χ4n) is 2.90. The van der Waals surface area contributed by atoms with Gasteiger partial charge in [0.25, 0.3) is 0 Å². The Morgan fingerprint density at radius 2 is 1.94 bits per heavy atom. The molecule has 0 heterocycles. The van der Waals surface area contributed by atoms with E-state index in [0.29, 0.717) is 18.1 Å². The van der Waals surface area contributed by atoms with Gasteiger partial charge in [0.15, 0.2) is 0 Å². The molecule has 0 saturated heterocycles. The summed E-state index contributed by atoms with van der Waals surface area (Å²) in [6, 6.07) is 11.4. The maximum Gasteiger partial charge on any atom is 0.0436 e. The van der Waals surface area contributed by atoms with Crippen molar-refractivity contribution in [2.24, 2.45) is 11.3 Å². The molecule has 2 fully saturated rings. The molecule has 0 amide bonds. The summed E-state index contributed by atoms with van der Waals surface area (Å²) in [5.74, 6) is 0.831. The lowest BCUT2D eigenvalue weighted by Gasteiger charge is -2.23. The molecular weight excluding hydrogens is 222 g/mol. The average Bonchev–Trinajstić information content (AvgIpc) is 3.28. The lowest BCUT2D eigenvalue weighted by Crippen LogP contribution is -2.30. The Balaban J connectivity index is 1.61. The van der Waals surface area contributed by atoms with E-state index in [1.165, 1.54) is 31.2 Å². The van der Waals surface area contributed by atoms with Crippen LogP contribution in [0.2, 0.25) is 0 Å². The van der Waals surface area contributed by atoms with Crippen molar-refractivity contribution in [3.63, 3.8) is 0 Å². The van der Waals surface area contributed by atoms with Crippen LogP contribution in [0.3, 0.4) is 0 Å². The number of rotatable bonds is 7. The second kappa shape index (κ2) is 5.02. The molecule has 2 saturated carbocycles. The van der Waals surface area contributed by atoms with Crippen LogP contribution in [-0.4, -0.2) is 18.3 Å². The Hall–Kier alpha value is -0.860. The topological polar surface area (TPSA) is 32.3 Å². The van der Waals surface area contributed by atoms with E-state index in [4.69, 9.17) is 5.11 Å². The molecular formula is C16H23NO. The van der Waals surface area contributed by atoms with E-state index in [9.17, 15) is 0 Å². The van der Waals surface area contributed by atoms with Crippen molar-refractivity contribution in [1.82, 2.24) is 5.32 Å². The van der Waals surface area contributed by atoms with Gasteiger partial charge in [0, 0.05) is 19.2 Å². The van der Waals surface area contributed by atoms with Gasteiger partial charge in [-0.05, 0) is 49.0 Å². The molecule has 2 nitrogen and oxygen atoms in total. The third kappa shape index (κ3) is 2.76. The van der Waals surface area contributed by atoms with Gasteiger partial charge in [0.2, 0.25) is 0 Å². The lowest BCUT2D eigenvalue weighted by atomic mass is 9.99. The van der Waals surface area contributed by atoms with Gasteiger partial charge in [-0.2, -0.15) is 0 Å². The van der Waals surface area contributed by atoms with E-state index in [0.717, 1.165) is 18.9 Å². The summed E-state index contributed by atoms with van der Waals surface area (Å²) < 4.78 is 0. The summed E-state index contributed by atoms with van der Waals surface area (Å²) in [6.07, 6.45) is 6.25. The number of benzene rings is 1. The zero-order valence-electron chi connectivity index (χ0n) is 10.9. The van der Waals surface area contributed by atoms with Crippen molar-refractivity contribution in [2.75, 3.05) is 13.2 Å². The molecule has 1 unspecified atom stereocenters. The Kier molecular flexibility index (Phi) is 3.40. The fraction of sp³-hybridized carbons (Fsp3) is 0.625. The van der Waals surface area contributed by atoms with Crippen LogP contribution in [0, 0.1) is 11.3 Å². The van der Waals surface area contributed by atoms with Crippen LogP contribution in [0.5, 0.6) is 0 Å². The van der Waals surface area contributed by atoms with Crippen LogP contribution >= 0.6 is 0 Å². The maximum absolute atomic E-state index is 9.12.